The lowest BCUT2D eigenvalue weighted by Gasteiger charge is -2.21. The van der Waals surface area contributed by atoms with Crippen LogP contribution in [-0.4, -0.2) is 6.29 Å². The first-order chi connectivity index (χ1) is 10.3. The van der Waals surface area contributed by atoms with E-state index in [1.54, 1.807) is 6.08 Å². The molecule has 120 valence electrons. The summed E-state index contributed by atoms with van der Waals surface area (Å²) >= 11 is 0. The molecule has 0 spiro atoms. The molecule has 0 amide bonds. The van der Waals surface area contributed by atoms with Crippen LogP contribution >= 0.6 is 0 Å². The summed E-state index contributed by atoms with van der Waals surface area (Å²) in [5, 5.41) is 0. The monoisotopic (exact) mass is 298 g/mol. The Bertz CT molecular complexity index is 531. The number of carbonyl (C=O) groups excluding carboxylic acids is 1. The van der Waals surface area contributed by atoms with E-state index in [1.807, 2.05) is 19.1 Å². The minimum absolute atomic E-state index is 0.103. The Morgan fingerprint density at radius 1 is 1.05 bits per heavy atom. The van der Waals surface area contributed by atoms with Crippen molar-refractivity contribution in [2.45, 2.75) is 60.3 Å². The minimum atomic E-state index is 0.103. The van der Waals surface area contributed by atoms with E-state index in [9.17, 15) is 4.79 Å². The van der Waals surface area contributed by atoms with Crippen LogP contribution in [0, 0.1) is 5.41 Å². The van der Waals surface area contributed by atoms with Crippen molar-refractivity contribution in [3.8, 4) is 0 Å². The van der Waals surface area contributed by atoms with Crippen molar-refractivity contribution in [1.82, 2.24) is 0 Å². The van der Waals surface area contributed by atoms with Crippen LogP contribution in [0.4, 0.5) is 0 Å². The van der Waals surface area contributed by atoms with E-state index < -0.39 is 0 Å². The fourth-order valence-corrected chi connectivity index (χ4v) is 2.52. The normalized spacial score (nSPS) is 18.6. The summed E-state index contributed by atoms with van der Waals surface area (Å²) in [5.74, 6) is 0. The molecule has 0 atom stereocenters. The second-order valence-electron chi connectivity index (χ2n) is 7.12. The Morgan fingerprint density at radius 3 is 2.32 bits per heavy atom. The van der Waals surface area contributed by atoms with Crippen LogP contribution in [0.1, 0.15) is 60.3 Å². The maximum absolute atomic E-state index is 10.4. The molecule has 0 bridgehead atoms. The molecule has 0 aliphatic heterocycles. The molecule has 0 unspecified atom stereocenters. The highest BCUT2D eigenvalue weighted by atomic mass is 16.1. The lowest BCUT2D eigenvalue weighted by atomic mass is 9.84. The van der Waals surface area contributed by atoms with Crippen molar-refractivity contribution in [3.05, 3.63) is 58.7 Å². The Hall–Kier alpha value is -1.63. The van der Waals surface area contributed by atoms with Crippen molar-refractivity contribution in [1.29, 1.82) is 0 Å². The van der Waals surface area contributed by atoms with Crippen molar-refractivity contribution in [3.63, 3.8) is 0 Å². The van der Waals surface area contributed by atoms with Gasteiger partial charge in [-0.05, 0) is 67.7 Å². The van der Waals surface area contributed by atoms with Crippen LogP contribution in [0.5, 0.6) is 0 Å². The van der Waals surface area contributed by atoms with Gasteiger partial charge >= 0.3 is 0 Å². The number of carbonyl (C=O) groups is 1. The zero-order valence-electron chi connectivity index (χ0n) is 14.8. The van der Waals surface area contributed by atoms with Crippen LogP contribution in [0.2, 0.25) is 0 Å². The van der Waals surface area contributed by atoms with Gasteiger partial charge in [-0.1, -0.05) is 56.7 Å². The Balaban J connectivity index is 2.95. The molecule has 22 heavy (non-hydrogen) atoms. The fourth-order valence-electron chi connectivity index (χ4n) is 2.52. The van der Waals surface area contributed by atoms with Gasteiger partial charge in [-0.3, -0.25) is 4.79 Å². The zero-order chi connectivity index (χ0) is 16.6. The van der Waals surface area contributed by atoms with E-state index in [1.165, 1.54) is 42.4 Å². The molecule has 0 aromatic carbocycles. The second kappa shape index (κ2) is 8.73. The van der Waals surface area contributed by atoms with Crippen LogP contribution in [-0.2, 0) is 4.79 Å². The fraction of sp³-hybridized carbons (Fsp3) is 0.476. The number of hydrogen-bond acceptors (Lipinski definition) is 1. The first kappa shape index (κ1) is 18.4. The van der Waals surface area contributed by atoms with Gasteiger partial charge in [-0.25, -0.2) is 0 Å². The second-order valence-corrected chi connectivity index (χ2v) is 7.12. The van der Waals surface area contributed by atoms with Gasteiger partial charge in [0, 0.05) is 0 Å². The number of aldehydes is 1. The lowest BCUT2D eigenvalue weighted by Crippen LogP contribution is -2.07. The van der Waals surface area contributed by atoms with Gasteiger partial charge in [0.2, 0.25) is 0 Å². The topological polar surface area (TPSA) is 17.1 Å². The molecule has 1 aliphatic carbocycles. The van der Waals surface area contributed by atoms with Gasteiger partial charge in [0.15, 0.2) is 0 Å². The van der Waals surface area contributed by atoms with Crippen LogP contribution in [0.3, 0.4) is 0 Å². The number of rotatable bonds is 5. The van der Waals surface area contributed by atoms with E-state index >= 15 is 0 Å². The van der Waals surface area contributed by atoms with Crippen LogP contribution < -0.4 is 0 Å². The molecular formula is C21H30O. The smallest absolute Gasteiger partial charge is 0.143 e. The standard InChI is InChI=1S/C21H30O/c1-17(15-16-22)9-8-12-20(21(3,4)5)14-13-19-11-7-6-10-18(19)2/h8-9,12-16H,6-7,10-11H2,1-5H3/b9-8+,14-13+,17-15+,20-12-. The third-order valence-corrected chi connectivity index (χ3v) is 4.09. The van der Waals surface area contributed by atoms with Gasteiger partial charge in [0.05, 0.1) is 0 Å². The van der Waals surface area contributed by atoms with Crippen LogP contribution in [0.25, 0.3) is 0 Å². The maximum Gasteiger partial charge on any atom is 0.143 e. The number of allylic oxidation sites excluding steroid dienone is 10. The quantitative estimate of drug-likeness (QED) is 0.340. The molecule has 1 rings (SSSR count). The Kier molecular flexibility index (Phi) is 7.31. The molecule has 0 fully saturated rings. The van der Waals surface area contributed by atoms with E-state index in [2.05, 4.69) is 45.9 Å². The maximum atomic E-state index is 10.4. The summed E-state index contributed by atoms with van der Waals surface area (Å²) in [6.45, 7) is 10.9. The molecule has 0 radical (unpaired) electrons. The summed E-state index contributed by atoms with van der Waals surface area (Å²) in [6.07, 6.45) is 18.2. The summed E-state index contributed by atoms with van der Waals surface area (Å²) in [5.41, 5.74) is 5.41. The average Bonchev–Trinajstić information content (AvgIpc) is 2.43. The summed E-state index contributed by atoms with van der Waals surface area (Å²) in [6, 6.07) is 0. The van der Waals surface area contributed by atoms with Gasteiger partial charge in [-0.2, -0.15) is 0 Å². The highest BCUT2D eigenvalue weighted by Crippen LogP contribution is 2.29. The molecule has 0 saturated heterocycles. The Labute approximate surface area is 136 Å². The molecule has 0 heterocycles. The lowest BCUT2D eigenvalue weighted by molar-refractivity contribution is -0.104. The van der Waals surface area contributed by atoms with Crippen molar-refractivity contribution in [2.24, 2.45) is 5.41 Å². The predicted molar refractivity (Wildman–Crippen MR) is 96.8 cm³/mol. The molecule has 0 aromatic heterocycles. The van der Waals surface area contributed by atoms with Gasteiger partial charge < -0.3 is 0 Å². The Morgan fingerprint density at radius 2 is 1.73 bits per heavy atom. The largest absolute Gasteiger partial charge is 0.299 e. The molecule has 0 saturated carbocycles. The molecule has 0 N–H and O–H groups in total. The predicted octanol–water partition coefficient (Wildman–Crippen LogP) is 6.11. The van der Waals surface area contributed by atoms with Gasteiger partial charge in [0.1, 0.15) is 6.29 Å². The third kappa shape index (κ3) is 6.43. The van der Waals surface area contributed by atoms with Crippen molar-refractivity contribution < 1.29 is 4.79 Å². The molecule has 1 nitrogen and oxygen atoms in total. The van der Waals surface area contributed by atoms with Gasteiger partial charge in [0.25, 0.3) is 0 Å². The molecular weight excluding hydrogens is 268 g/mol. The highest BCUT2D eigenvalue weighted by molar-refractivity contribution is 5.66. The summed E-state index contributed by atoms with van der Waals surface area (Å²) in [4.78, 5) is 10.4. The van der Waals surface area contributed by atoms with E-state index in [0.29, 0.717) is 0 Å². The first-order valence-corrected chi connectivity index (χ1v) is 8.22. The van der Waals surface area contributed by atoms with Gasteiger partial charge in [-0.15, -0.1) is 0 Å². The van der Waals surface area contributed by atoms with Crippen molar-refractivity contribution >= 4 is 6.29 Å². The molecule has 1 heteroatoms. The van der Waals surface area contributed by atoms with Crippen LogP contribution in [0.15, 0.2) is 58.7 Å². The SMILES string of the molecule is CC1=C(/C=C/C(=C/C=C/C(C)=C/C=O)C(C)(C)C)CCCC1. The van der Waals surface area contributed by atoms with Crippen molar-refractivity contribution in [2.75, 3.05) is 0 Å². The van der Waals surface area contributed by atoms with E-state index in [4.69, 9.17) is 0 Å². The van der Waals surface area contributed by atoms with E-state index in [-0.39, 0.29) is 5.41 Å². The first-order valence-electron chi connectivity index (χ1n) is 8.22. The number of hydrogen-bond donors (Lipinski definition) is 0. The average molecular weight is 298 g/mol. The molecule has 1 aliphatic rings. The minimum Gasteiger partial charge on any atom is -0.299 e. The third-order valence-electron chi connectivity index (χ3n) is 4.09. The molecule has 0 aromatic rings. The zero-order valence-corrected chi connectivity index (χ0v) is 14.8. The highest BCUT2D eigenvalue weighted by Gasteiger charge is 2.14. The summed E-state index contributed by atoms with van der Waals surface area (Å²) in [7, 11) is 0. The van der Waals surface area contributed by atoms with E-state index in [0.717, 1.165) is 11.9 Å². The summed E-state index contributed by atoms with van der Waals surface area (Å²) < 4.78 is 0.